The maximum atomic E-state index is 12.0. The lowest BCUT2D eigenvalue weighted by atomic mass is 10.1. The van der Waals surface area contributed by atoms with Crippen molar-refractivity contribution in [2.45, 2.75) is 0 Å². The molecule has 0 aliphatic heterocycles. The molecular formula is C21H19N3O6. The van der Waals surface area contributed by atoms with Crippen molar-refractivity contribution in [3.05, 3.63) is 70.3 Å². The topological polar surface area (TPSA) is 112 Å². The summed E-state index contributed by atoms with van der Waals surface area (Å²) in [6.45, 7) is -0.260. The van der Waals surface area contributed by atoms with E-state index in [2.05, 4.69) is 10.5 Å². The van der Waals surface area contributed by atoms with E-state index in [1.54, 1.807) is 6.07 Å². The number of carbonyl (C=O) groups excluding carboxylic acids is 1. The highest BCUT2D eigenvalue weighted by Gasteiger charge is 2.18. The summed E-state index contributed by atoms with van der Waals surface area (Å²) in [6.07, 6.45) is 1.16. The van der Waals surface area contributed by atoms with Crippen LogP contribution in [0, 0.1) is 10.1 Å². The zero-order valence-electron chi connectivity index (χ0n) is 16.3. The largest absolute Gasteiger partial charge is 0.493 e. The number of carbonyl (C=O) groups is 1. The number of amides is 1. The average molecular weight is 409 g/mol. The maximum absolute atomic E-state index is 12.0. The number of methoxy groups -OCH3 is 2. The summed E-state index contributed by atoms with van der Waals surface area (Å²) in [6, 6.07) is 15.9. The molecule has 3 rings (SSSR count). The smallest absolute Gasteiger partial charge is 0.282 e. The van der Waals surface area contributed by atoms with Gasteiger partial charge in [0, 0.05) is 0 Å². The molecule has 0 aromatic heterocycles. The maximum Gasteiger partial charge on any atom is 0.282 e. The van der Waals surface area contributed by atoms with Gasteiger partial charge in [0.05, 0.1) is 37.0 Å². The molecule has 154 valence electrons. The highest BCUT2D eigenvalue weighted by atomic mass is 16.6. The van der Waals surface area contributed by atoms with Gasteiger partial charge >= 0.3 is 0 Å². The number of nitrogens with one attached hydrogen (secondary N) is 1. The predicted molar refractivity (Wildman–Crippen MR) is 111 cm³/mol. The van der Waals surface area contributed by atoms with Crippen LogP contribution in [0.4, 0.5) is 5.69 Å². The van der Waals surface area contributed by atoms with Crippen LogP contribution in [0.25, 0.3) is 10.8 Å². The standard InChI is InChI=1S/C21H19N3O6/c1-28-19-10-16(18(24(26)27)11-20(19)29-2)12-22-23-21(25)13-30-17-8-7-14-5-3-4-6-15(14)9-17/h3-12H,13H2,1-2H3,(H,23,25). The van der Waals surface area contributed by atoms with Crippen LogP contribution in [0.15, 0.2) is 59.7 Å². The molecule has 0 spiro atoms. The van der Waals surface area contributed by atoms with Crippen LogP contribution in [-0.4, -0.2) is 37.9 Å². The van der Waals surface area contributed by atoms with Gasteiger partial charge in [-0.25, -0.2) is 5.43 Å². The van der Waals surface area contributed by atoms with Gasteiger partial charge in [0.15, 0.2) is 18.1 Å². The van der Waals surface area contributed by atoms with Crippen molar-refractivity contribution in [1.29, 1.82) is 0 Å². The minimum atomic E-state index is -0.575. The summed E-state index contributed by atoms with van der Waals surface area (Å²) >= 11 is 0. The molecule has 9 heteroatoms. The number of nitro groups is 1. The fourth-order valence-electron chi connectivity index (χ4n) is 2.76. The molecule has 0 atom stereocenters. The first-order valence-electron chi connectivity index (χ1n) is 8.85. The molecule has 0 fully saturated rings. The lowest BCUT2D eigenvalue weighted by Crippen LogP contribution is -2.24. The van der Waals surface area contributed by atoms with Gasteiger partial charge < -0.3 is 14.2 Å². The minimum absolute atomic E-state index is 0.147. The Labute approximate surface area is 172 Å². The Morgan fingerprint density at radius 2 is 1.77 bits per heavy atom. The molecule has 0 aliphatic rings. The minimum Gasteiger partial charge on any atom is -0.493 e. The summed E-state index contributed by atoms with van der Waals surface area (Å²) in [7, 11) is 2.79. The van der Waals surface area contributed by atoms with Crippen LogP contribution < -0.4 is 19.6 Å². The Balaban J connectivity index is 1.64. The van der Waals surface area contributed by atoms with Crippen molar-refractivity contribution in [3.63, 3.8) is 0 Å². The Morgan fingerprint density at radius 1 is 1.07 bits per heavy atom. The molecule has 0 unspecified atom stereocenters. The Morgan fingerprint density at radius 3 is 2.47 bits per heavy atom. The monoisotopic (exact) mass is 409 g/mol. The second kappa shape index (κ2) is 9.37. The van der Waals surface area contributed by atoms with Gasteiger partial charge in [0.2, 0.25) is 0 Å². The van der Waals surface area contributed by atoms with Gasteiger partial charge in [0.25, 0.3) is 11.6 Å². The summed E-state index contributed by atoms with van der Waals surface area (Å²) < 4.78 is 15.7. The average Bonchev–Trinajstić information content (AvgIpc) is 2.76. The molecule has 1 amide bonds. The Kier molecular flexibility index (Phi) is 6.43. The van der Waals surface area contributed by atoms with E-state index in [1.807, 2.05) is 36.4 Å². The van der Waals surface area contributed by atoms with Crippen LogP contribution in [0.1, 0.15) is 5.56 Å². The lowest BCUT2D eigenvalue weighted by molar-refractivity contribution is -0.385. The number of nitro benzene ring substituents is 1. The van der Waals surface area contributed by atoms with Crippen LogP contribution in [0.3, 0.4) is 0 Å². The molecule has 0 saturated carbocycles. The van der Waals surface area contributed by atoms with Crippen molar-refractivity contribution in [1.82, 2.24) is 5.43 Å². The third-order valence-electron chi connectivity index (χ3n) is 4.21. The van der Waals surface area contributed by atoms with E-state index >= 15 is 0 Å². The van der Waals surface area contributed by atoms with Crippen molar-refractivity contribution < 1.29 is 23.9 Å². The SMILES string of the molecule is COc1cc(C=NNC(=O)COc2ccc3ccccc3c2)c([N+](=O)[O-])cc1OC. The number of nitrogens with zero attached hydrogens (tertiary/aromatic N) is 2. The van der Waals surface area contributed by atoms with E-state index < -0.39 is 10.8 Å². The number of fused-ring (bicyclic) bond motifs is 1. The number of benzene rings is 3. The molecule has 0 radical (unpaired) electrons. The van der Waals surface area contributed by atoms with Crippen LogP contribution in [-0.2, 0) is 4.79 Å². The van der Waals surface area contributed by atoms with Crippen molar-refractivity contribution in [2.24, 2.45) is 5.10 Å². The van der Waals surface area contributed by atoms with E-state index in [-0.39, 0.29) is 23.6 Å². The fourth-order valence-corrected chi connectivity index (χ4v) is 2.76. The van der Waals surface area contributed by atoms with Gasteiger partial charge in [-0.05, 0) is 29.0 Å². The summed E-state index contributed by atoms with van der Waals surface area (Å²) in [5.41, 5.74) is 2.19. The van der Waals surface area contributed by atoms with Crippen molar-refractivity contribution in [3.8, 4) is 17.2 Å². The highest BCUT2D eigenvalue weighted by Crippen LogP contribution is 2.33. The van der Waals surface area contributed by atoms with Crippen LogP contribution in [0.5, 0.6) is 17.2 Å². The van der Waals surface area contributed by atoms with Crippen molar-refractivity contribution >= 4 is 28.6 Å². The molecule has 0 aliphatic carbocycles. The number of rotatable bonds is 8. The Hall–Kier alpha value is -4.14. The second-order valence-electron chi connectivity index (χ2n) is 6.11. The third kappa shape index (κ3) is 4.82. The quantitative estimate of drug-likeness (QED) is 0.347. The number of hydrogen-bond acceptors (Lipinski definition) is 7. The van der Waals surface area contributed by atoms with Gasteiger partial charge in [-0.15, -0.1) is 0 Å². The first-order valence-corrected chi connectivity index (χ1v) is 8.85. The first kappa shape index (κ1) is 20.6. The molecule has 0 bridgehead atoms. The molecule has 0 heterocycles. The van der Waals surface area contributed by atoms with Crippen molar-refractivity contribution in [2.75, 3.05) is 20.8 Å². The molecule has 1 N–H and O–H groups in total. The van der Waals surface area contributed by atoms with E-state index in [9.17, 15) is 14.9 Å². The zero-order chi connectivity index (χ0) is 21.5. The van der Waals surface area contributed by atoms with Gasteiger partial charge in [-0.2, -0.15) is 5.10 Å². The lowest BCUT2D eigenvalue weighted by Gasteiger charge is -2.08. The van der Waals surface area contributed by atoms with Gasteiger partial charge in [0.1, 0.15) is 5.75 Å². The van der Waals surface area contributed by atoms with E-state index in [0.29, 0.717) is 11.5 Å². The molecule has 3 aromatic carbocycles. The fraction of sp³-hybridized carbons (Fsp3) is 0.143. The highest BCUT2D eigenvalue weighted by molar-refractivity contribution is 5.88. The second-order valence-corrected chi connectivity index (χ2v) is 6.11. The first-order chi connectivity index (χ1) is 14.5. The zero-order valence-corrected chi connectivity index (χ0v) is 16.3. The van der Waals surface area contributed by atoms with Crippen LogP contribution in [0.2, 0.25) is 0 Å². The molecule has 9 nitrogen and oxygen atoms in total. The number of hydrazone groups is 1. The van der Waals surface area contributed by atoms with Crippen LogP contribution >= 0.6 is 0 Å². The summed E-state index contributed by atoms with van der Waals surface area (Å²) in [4.78, 5) is 22.7. The predicted octanol–water partition coefficient (Wildman–Crippen LogP) is 3.29. The normalized spacial score (nSPS) is 10.7. The third-order valence-corrected chi connectivity index (χ3v) is 4.21. The number of hydrogen-bond donors (Lipinski definition) is 1. The van der Waals surface area contributed by atoms with E-state index in [1.165, 1.54) is 26.4 Å². The van der Waals surface area contributed by atoms with E-state index in [4.69, 9.17) is 14.2 Å². The van der Waals surface area contributed by atoms with Gasteiger partial charge in [-0.3, -0.25) is 14.9 Å². The Bertz CT molecular complexity index is 1110. The molecular weight excluding hydrogens is 390 g/mol. The van der Waals surface area contributed by atoms with E-state index in [0.717, 1.165) is 17.0 Å². The van der Waals surface area contributed by atoms with Gasteiger partial charge in [-0.1, -0.05) is 30.3 Å². The summed E-state index contributed by atoms with van der Waals surface area (Å²) in [5.74, 6) is 0.551. The molecule has 3 aromatic rings. The molecule has 30 heavy (non-hydrogen) atoms. The summed E-state index contributed by atoms with van der Waals surface area (Å²) in [5, 5.41) is 17.1. The molecule has 0 saturated heterocycles. The number of ether oxygens (including phenoxy) is 3.